The van der Waals surface area contributed by atoms with Crippen molar-refractivity contribution in [2.45, 2.75) is 0 Å². The minimum absolute atomic E-state index is 0.107. The highest BCUT2D eigenvalue weighted by Crippen LogP contribution is 2.16. The summed E-state index contributed by atoms with van der Waals surface area (Å²) in [4.78, 5) is 35.3. The molecule has 29 heavy (non-hydrogen) atoms. The molecule has 2 amide bonds. The standard InChI is InChI=1S/C19H19N3O6S/c1-26-14-7-9-15(10-8-14)28-11-16(23)21-22-19(29)20-17(24)12-3-5-13(6-4-12)18(25)27-2/h3-10H,11H2,1-2H3,(H,21,23)(H2,20,22,24,29). The average Bonchev–Trinajstić information content (AvgIpc) is 2.76. The van der Waals surface area contributed by atoms with E-state index < -0.39 is 17.8 Å². The fraction of sp³-hybridized carbons (Fsp3) is 0.158. The highest BCUT2D eigenvalue weighted by molar-refractivity contribution is 7.80. The molecule has 0 heterocycles. The van der Waals surface area contributed by atoms with Crippen LogP contribution in [0.4, 0.5) is 0 Å². The molecule has 0 spiro atoms. The zero-order chi connectivity index (χ0) is 21.2. The molecule has 0 aliphatic rings. The van der Waals surface area contributed by atoms with Crippen molar-refractivity contribution in [3.05, 3.63) is 59.7 Å². The maximum absolute atomic E-state index is 12.1. The molecular weight excluding hydrogens is 398 g/mol. The molecule has 0 radical (unpaired) electrons. The van der Waals surface area contributed by atoms with E-state index in [1.54, 1.807) is 31.4 Å². The topological polar surface area (TPSA) is 115 Å². The summed E-state index contributed by atoms with van der Waals surface area (Å²) < 4.78 is 14.9. The van der Waals surface area contributed by atoms with Crippen LogP contribution in [0.5, 0.6) is 11.5 Å². The van der Waals surface area contributed by atoms with Crippen molar-refractivity contribution in [1.82, 2.24) is 16.2 Å². The molecule has 152 valence electrons. The second kappa shape index (κ2) is 10.6. The zero-order valence-electron chi connectivity index (χ0n) is 15.7. The van der Waals surface area contributed by atoms with Gasteiger partial charge in [-0.15, -0.1) is 0 Å². The van der Waals surface area contributed by atoms with Crippen LogP contribution in [0.25, 0.3) is 0 Å². The molecule has 2 rings (SSSR count). The molecule has 0 aliphatic carbocycles. The van der Waals surface area contributed by atoms with Crippen molar-refractivity contribution in [1.29, 1.82) is 0 Å². The van der Waals surface area contributed by atoms with Crippen molar-refractivity contribution in [2.75, 3.05) is 20.8 Å². The van der Waals surface area contributed by atoms with E-state index in [-0.39, 0.29) is 17.3 Å². The Labute approximate surface area is 172 Å². The van der Waals surface area contributed by atoms with Gasteiger partial charge in [-0.3, -0.25) is 25.8 Å². The predicted molar refractivity (Wildman–Crippen MR) is 108 cm³/mol. The fourth-order valence-electron chi connectivity index (χ4n) is 2.07. The Morgan fingerprint density at radius 3 is 2.03 bits per heavy atom. The van der Waals surface area contributed by atoms with Crippen molar-refractivity contribution >= 4 is 35.1 Å². The van der Waals surface area contributed by atoms with E-state index in [1.807, 2.05) is 0 Å². The van der Waals surface area contributed by atoms with Gasteiger partial charge in [-0.05, 0) is 60.7 Å². The number of benzene rings is 2. The molecule has 3 N–H and O–H groups in total. The van der Waals surface area contributed by atoms with Gasteiger partial charge in [0.2, 0.25) is 0 Å². The van der Waals surface area contributed by atoms with Crippen molar-refractivity contribution < 1.29 is 28.6 Å². The summed E-state index contributed by atoms with van der Waals surface area (Å²) >= 11 is 4.95. The maximum Gasteiger partial charge on any atom is 0.337 e. The highest BCUT2D eigenvalue weighted by Gasteiger charge is 2.11. The third kappa shape index (κ3) is 6.78. The van der Waals surface area contributed by atoms with E-state index in [4.69, 9.17) is 21.7 Å². The van der Waals surface area contributed by atoms with E-state index in [0.29, 0.717) is 17.1 Å². The molecule has 0 saturated carbocycles. The summed E-state index contributed by atoms with van der Waals surface area (Å²) in [5, 5.41) is 2.29. The lowest BCUT2D eigenvalue weighted by atomic mass is 10.1. The maximum atomic E-state index is 12.1. The van der Waals surface area contributed by atoms with Crippen LogP contribution in [0.2, 0.25) is 0 Å². The predicted octanol–water partition coefficient (Wildman–Crippen LogP) is 1.20. The average molecular weight is 417 g/mol. The van der Waals surface area contributed by atoms with Crippen molar-refractivity contribution in [3.8, 4) is 11.5 Å². The smallest absolute Gasteiger partial charge is 0.337 e. The highest BCUT2D eigenvalue weighted by atomic mass is 32.1. The van der Waals surface area contributed by atoms with Crippen LogP contribution in [0.15, 0.2) is 48.5 Å². The van der Waals surface area contributed by atoms with Gasteiger partial charge >= 0.3 is 5.97 Å². The monoisotopic (exact) mass is 417 g/mol. The number of carbonyl (C=O) groups is 3. The van der Waals surface area contributed by atoms with E-state index in [0.717, 1.165) is 0 Å². The van der Waals surface area contributed by atoms with Gasteiger partial charge in [0.1, 0.15) is 11.5 Å². The lowest BCUT2D eigenvalue weighted by molar-refractivity contribution is -0.123. The number of thiocarbonyl (C=S) groups is 1. The van der Waals surface area contributed by atoms with Gasteiger partial charge < -0.3 is 14.2 Å². The first kappa shape index (κ1) is 21.6. The van der Waals surface area contributed by atoms with Crippen LogP contribution in [-0.4, -0.2) is 43.7 Å². The van der Waals surface area contributed by atoms with E-state index in [1.165, 1.54) is 31.4 Å². The Balaban J connectivity index is 1.74. The molecule has 0 aliphatic heterocycles. The van der Waals surface area contributed by atoms with Crippen LogP contribution in [0.3, 0.4) is 0 Å². The SMILES string of the molecule is COC(=O)c1ccc(C(=O)NC(=S)NNC(=O)COc2ccc(OC)cc2)cc1. The summed E-state index contributed by atoms with van der Waals surface area (Å²) in [6, 6.07) is 12.5. The number of esters is 1. The summed E-state index contributed by atoms with van der Waals surface area (Å²) in [7, 11) is 2.82. The van der Waals surface area contributed by atoms with Crippen molar-refractivity contribution in [2.24, 2.45) is 0 Å². The van der Waals surface area contributed by atoms with Gasteiger partial charge in [0.05, 0.1) is 19.8 Å². The first-order chi connectivity index (χ1) is 13.9. The number of nitrogens with one attached hydrogen (secondary N) is 3. The van der Waals surface area contributed by atoms with Gasteiger partial charge in [-0.2, -0.15) is 0 Å². The number of amides is 2. The number of hydrogen-bond donors (Lipinski definition) is 3. The lowest BCUT2D eigenvalue weighted by Gasteiger charge is -2.11. The molecule has 0 atom stereocenters. The van der Waals surface area contributed by atoms with Crippen LogP contribution in [0, 0.1) is 0 Å². The number of rotatable bonds is 6. The number of carbonyl (C=O) groups excluding carboxylic acids is 3. The van der Waals surface area contributed by atoms with Gasteiger partial charge in [0.25, 0.3) is 11.8 Å². The molecule has 0 saturated heterocycles. The number of hydrazine groups is 1. The van der Waals surface area contributed by atoms with Gasteiger partial charge in [0, 0.05) is 5.56 Å². The number of hydrogen-bond acceptors (Lipinski definition) is 7. The molecule has 2 aromatic carbocycles. The van der Waals surface area contributed by atoms with E-state index in [2.05, 4.69) is 20.9 Å². The molecule has 2 aromatic rings. The van der Waals surface area contributed by atoms with Crippen LogP contribution in [0.1, 0.15) is 20.7 Å². The molecule has 0 bridgehead atoms. The minimum Gasteiger partial charge on any atom is -0.497 e. The van der Waals surface area contributed by atoms with Crippen LogP contribution < -0.4 is 25.6 Å². The molecule has 10 heteroatoms. The van der Waals surface area contributed by atoms with E-state index >= 15 is 0 Å². The second-order valence-electron chi connectivity index (χ2n) is 5.49. The largest absolute Gasteiger partial charge is 0.497 e. The number of methoxy groups -OCH3 is 2. The zero-order valence-corrected chi connectivity index (χ0v) is 16.5. The molecule has 0 fully saturated rings. The molecule has 0 aromatic heterocycles. The van der Waals surface area contributed by atoms with Crippen LogP contribution >= 0.6 is 12.2 Å². The summed E-state index contributed by atoms with van der Waals surface area (Å²) in [5.74, 6) is -0.354. The summed E-state index contributed by atoms with van der Waals surface area (Å²) in [6.45, 7) is -0.259. The quantitative estimate of drug-likeness (QED) is 0.365. The van der Waals surface area contributed by atoms with Gasteiger partial charge in [0.15, 0.2) is 11.7 Å². The number of ether oxygens (including phenoxy) is 3. The normalized spacial score (nSPS) is 9.72. The first-order valence-corrected chi connectivity index (χ1v) is 8.69. The second-order valence-corrected chi connectivity index (χ2v) is 5.90. The third-order valence-corrected chi connectivity index (χ3v) is 3.74. The Morgan fingerprint density at radius 2 is 1.45 bits per heavy atom. The Bertz CT molecular complexity index is 884. The fourth-order valence-corrected chi connectivity index (χ4v) is 2.21. The first-order valence-electron chi connectivity index (χ1n) is 8.28. The summed E-state index contributed by atoms with van der Waals surface area (Å²) in [5.41, 5.74) is 5.30. The van der Waals surface area contributed by atoms with Crippen molar-refractivity contribution in [3.63, 3.8) is 0 Å². The molecule has 9 nitrogen and oxygen atoms in total. The Kier molecular flexibility index (Phi) is 7.92. The van der Waals surface area contributed by atoms with Crippen LogP contribution in [-0.2, 0) is 9.53 Å². The summed E-state index contributed by atoms with van der Waals surface area (Å²) in [6.07, 6.45) is 0. The lowest BCUT2D eigenvalue weighted by Crippen LogP contribution is -2.49. The van der Waals surface area contributed by atoms with Gasteiger partial charge in [-0.1, -0.05) is 0 Å². The molecule has 0 unspecified atom stereocenters. The third-order valence-electron chi connectivity index (χ3n) is 3.54. The van der Waals surface area contributed by atoms with Gasteiger partial charge in [-0.25, -0.2) is 4.79 Å². The Hall–Kier alpha value is -3.66. The minimum atomic E-state index is -0.511. The molecular formula is C19H19N3O6S. The van der Waals surface area contributed by atoms with E-state index in [9.17, 15) is 14.4 Å². The Morgan fingerprint density at radius 1 is 0.862 bits per heavy atom.